The summed E-state index contributed by atoms with van der Waals surface area (Å²) in [5, 5.41) is 31.9. The first-order valence-corrected chi connectivity index (χ1v) is 7.68. The molecule has 7 nitrogen and oxygen atoms in total. The Morgan fingerprint density at radius 3 is 2.42 bits per heavy atom. The molecule has 2 unspecified atom stereocenters. The highest BCUT2D eigenvalue weighted by molar-refractivity contribution is 5.89. The summed E-state index contributed by atoms with van der Waals surface area (Å²) in [4.78, 5) is 22.8. The highest BCUT2D eigenvalue weighted by atomic mass is 16.6. The van der Waals surface area contributed by atoms with E-state index in [1.807, 2.05) is 0 Å². The van der Waals surface area contributed by atoms with Gasteiger partial charge in [0.25, 0.3) is 0 Å². The molecule has 0 heterocycles. The van der Waals surface area contributed by atoms with Crippen molar-refractivity contribution in [1.82, 2.24) is 5.32 Å². The van der Waals surface area contributed by atoms with Crippen LogP contribution in [0.3, 0.4) is 0 Å². The van der Waals surface area contributed by atoms with Gasteiger partial charge in [-0.1, -0.05) is 17.7 Å². The Kier molecular flexibility index (Phi) is 6.74. The molecule has 0 aliphatic carbocycles. The lowest BCUT2D eigenvalue weighted by Gasteiger charge is -2.22. The van der Waals surface area contributed by atoms with E-state index in [1.165, 1.54) is 12.1 Å². The maximum atomic E-state index is 11.5. The molecule has 0 saturated carbocycles. The van der Waals surface area contributed by atoms with E-state index in [2.05, 4.69) is 5.32 Å². The van der Waals surface area contributed by atoms with Crippen LogP contribution in [0.5, 0.6) is 0 Å². The minimum absolute atomic E-state index is 0.0490. The second-order valence-electron chi connectivity index (χ2n) is 6.63. The van der Waals surface area contributed by atoms with Gasteiger partial charge in [-0.05, 0) is 45.7 Å². The number of hydrogen-bond donors (Lipinski definition) is 4. The molecule has 7 heteroatoms. The smallest absolute Gasteiger partial charge is 0.407 e. The third-order valence-corrected chi connectivity index (χ3v) is 3.23. The molecule has 0 bridgehead atoms. The van der Waals surface area contributed by atoms with Gasteiger partial charge >= 0.3 is 12.1 Å². The summed E-state index contributed by atoms with van der Waals surface area (Å²) in [6.45, 7) is 7.02. The molecule has 1 amide bonds. The normalized spacial score (nSPS) is 13.9. The molecule has 1 aromatic carbocycles. The van der Waals surface area contributed by atoms with E-state index in [4.69, 9.17) is 4.74 Å². The largest absolute Gasteiger partial charge is 0.478 e. The van der Waals surface area contributed by atoms with Crippen molar-refractivity contribution in [1.29, 1.82) is 0 Å². The molecule has 0 aliphatic heterocycles. The monoisotopic (exact) mass is 339 g/mol. The third-order valence-electron chi connectivity index (χ3n) is 3.23. The Bertz CT molecular complexity index is 593. The van der Waals surface area contributed by atoms with E-state index in [0.29, 0.717) is 0 Å². The Balaban J connectivity index is 2.64. The summed E-state index contributed by atoms with van der Waals surface area (Å²) < 4.78 is 5.06. The van der Waals surface area contributed by atoms with Gasteiger partial charge in [0, 0.05) is 6.54 Å². The molecular weight excluding hydrogens is 314 g/mol. The first-order valence-electron chi connectivity index (χ1n) is 7.68. The van der Waals surface area contributed by atoms with Gasteiger partial charge in [-0.15, -0.1) is 0 Å². The average molecular weight is 339 g/mol. The van der Waals surface area contributed by atoms with Crippen molar-refractivity contribution >= 4 is 12.1 Å². The van der Waals surface area contributed by atoms with Gasteiger partial charge in [-0.2, -0.15) is 0 Å². The van der Waals surface area contributed by atoms with Gasteiger partial charge in [-0.25, -0.2) is 9.59 Å². The predicted molar refractivity (Wildman–Crippen MR) is 88.0 cm³/mol. The van der Waals surface area contributed by atoms with E-state index < -0.39 is 29.9 Å². The number of carbonyl (C=O) groups is 2. The number of ether oxygens (including phenoxy) is 1. The molecule has 24 heavy (non-hydrogen) atoms. The number of aryl methyl sites for hydroxylation is 1. The summed E-state index contributed by atoms with van der Waals surface area (Å²) in [6, 6.07) is 4.58. The second kappa shape index (κ2) is 8.12. The zero-order chi connectivity index (χ0) is 18.5. The van der Waals surface area contributed by atoms with Crippen LogP contribution in [0, 0.1) is 6.92 Å². The van der Waals surface area contributed by atoms with Gasteiger partial charge in [-0.3, -0.25) is 0 Å². The number of carboxylic acids is 1. The van der Waals surface area contributed by atoms with Crippen LogP contribution in [0.4, 0.5) is 4.79 Å². The van der Waals surface area contributed by atoms with E-state index in [0.717, 1.165) is 5.56 Å². The number of carboxylic acid groups (broad SMARTS) is 1. The van der Waals surface area contributed by atoms with Crippen LogP contribution in [0.1, 0.15) is 54.8 Å². The fraction of sp³-hybridized carbons (Fsp3) is 0.529. The van der Waals surface area contributed by atoms with Crippen molar-refractivity contribution in [2.24, 2.45) is 0 Å². The summed E-state index contributed by atoms with van der Waals surface area (Å²) in [6.07, 6.45) is -3.16. The van der Waals surface area contributed by atoms with Gasteiger partial charge in [0.1, 0.15) is 11.7 Å². The molecule has 1 rings (SSSR count). The van der Waals surface area contributed by atoms with E-state index in [1.54, 1.807) is 33.8 Å². The minimum Gasteiger partial charge on any atom is -0.478 e. The highest BCUT2D eigenvalue weighted by Crippen LogP contribution is 2.24. The van der Waals surface area contributed by atoms with Crippen molar-refractivity contribution in [3.8, 4) is 0 Å². The second-order valence-corrected chi connectivity index (χ2v) is 6.63. The molecule has 0 radical (unpaired) electrons. The van der Waals surface area contributed by atoms with Crippen LogP contribution in [0.25, 0.3) is 0 Å². The summed E-state index contributed by atoms with van der Waals surface area (Å²) >= 11 is 0. The lowest BCUT2D eigenvalue weighted by atomic mass is 9.95. The van der Waals surface area contributed by atoms with Crippen LogP contribution in [0.2, 0.25) is 0 Å². The molecule has 0 aromatic heterocycles. The number of aliphatic hydroxyl groups excluding tert-OH is 2. The maximum absolute atomic E-state index is 11.5. The fourth-order valence-electron chi connectivity index (χ4n) is 2.11. The fourth-order valence-corrected chi connectivity index (χ4v) is 2.11. The number of aliphatic hydroxyl groups is 2. The number of hydrogen-bond acceptors (Lipinski definition) is 5. The number of benzene rings is 1. The van der Waals surface area contributed by atoms with Crippen molar-refractivity contribution in [3.05, 3.63) is 34.9 Å². The van der Waals surface area contributed by atoms with Crippen molar-refractivity contribution in [3.63, 3.8) is 0 Å². The summed E-state index contributed by atoms with van der Waals surface area (Å²) in [7, 11) is 0. The molecule has 0 saturated heterocycles. The topological polar surface area (TPSA) is 116 Å². The van der Waals surface area contributed by atoms with Gasteiger partial charge in [0.05, 0.1) is 11.7 Å². The van der Waals surface area contributed by atoms with E-state index in [9.17, 15) is 24.9 Å². The van der Waals surface area contributed by atoms with Gasteiger partial charge in [0.15, 0.2) is 0 Å². The molecule has 1 aromatic rings. The number of amides is 1. The SMILES string of the molecule is Cc1ccc(C(O)C(O)CCNC(=O)OC(C)(C)C)c(C(=O)O)c1. The van der Waals surface area contributed by atoms with Crippen molar-refractivity contribution in [2.75, 3.05) is 6.54 Å². The van der Waals surface area contributed by atoms with Gasteiger partial charge < -0.3 is 25.4 Å². The molecule has 2 atom stereocenters. The molecule has 0 fully saturated rings. The van der Waals surface area contributed by atoms with Crippen molar-refractivity contribution < 1.29 is 29.6 Å². The Hall–Kier alpha value is -2.12. The Labute approximate surface area is 141 Å². The Morgan fingerprint density at radius 2 is 1.88 bits per heavy atom. The number of alkyl carbamates (subject to hydrolysis) is 1. The quantitative estimate of drug-likeness (QED) is 0.630. The molecule has 0 aliphatic rings. The predicted octanol–water partition coefficient (Wildman–Crippen LogP) is 2.00. The van der Waals surface area contributed by atoms with Crippen LogP contribution < -0.4 is 5.32 Å². The van der Waals surface area contributed by atoms with E-state index in [-0.39, 0.29) is 24.1 Å². The standard InChI is InChI=1S/C17H25NO6/c1-10-5-6-11(12(9-10)15(21)22)14(20)13(19)7-8-18-16(23)24-17(2,3)4/h5-6,9,13-14,19-20H,7-8H2,1-4H3,(H,18,23)(H,21,22). The van der Waals surface area contributed by atoms with Crippen LogP contribution in [-0.2, 0) is 4.74 Å². The molecular formula is C17H25NO6. The minimum atomic E-state index is -1.36. The van der Waals surface area contributed by atoms with Gasteiger partial charge in [0.2, 0.25) is 0 Å². The maximum Gasteiger partial charge on any atom is 0.407 e. The first-order chi connectivity index (χ1) is 11.0. The lowest BCUT2D eigenvalue weighted by molar-refractivity contribution is 0.0115. The van der Waals surface area contributed by atoms with E-state index >= 15 is 0 Å². The van der Waals surface area contributed by atoms with Crippen molar-refractivity contribution in [2.45, 2.75) is 51.9 Å². The number of carbonyl (C=O) groups excluding carboxylic acids is 1. The molecule has 134 valence electrons. The molecule has 4 N–H and O–H groups in total. The Morgan fingerprint density at radius 1 is 1.25 bits per heavy atom. The zero-order valence-corrected chi connectivity index (χ0v) is 14.4. The number of nitrogens with one attached hydrogen (secondary N) is 1. The third kappa shape index (κ3) is 6.17. The molecule has 0 spiro atoms. The number of rotatable bonds is 6. The highest BCUT2D eigenvalue weighted by Gasteiger charge is 2.24. The van der Waals surface area contributed by atoms with Crippen LogP contribution in [-0.4, -0.2) is 45.6 Å². The summed E-state index contributed by atoms with van der Waals surface area (Å²) in [5.74, 6) is -1.17. The average Bonchev–Trinajstić information content (AvgIpc) is 2.44. The lowest BCUT2D eigenvalue weighted by Crippen LogP contribution is -2.34. The van der Waals surface area contributed by atoms with Crippen LogP contribution in [0.15, 0.2) is 18.2 Å². The number of aromatic carboxylic acids is 1. The first kappa shape index (κ1) is 19.9. The zero-order valence-electron chi connectivity index (χ0n) is 14.4. The summed E-state index contributed by atoms with van der Waals surface area (Å²) in [5.41, 5.74) is 0.199. The van der Waals surface area contributed by atoms with Crippen LogP contribution >= 0.6 is 0 Å².